The van der Waals surface area contributed by atoms with Gasteiger partial charge in [0.2, 0.25) is 0 Å². The highest BCUT2D eigenvalue weighted by Crippen LogP contribution is 2.35. The summed E-state index contributed by atoms with van der Waals surface area (Å²) in [7, 11) is 0. The lowest BCUT2D eigenvalue weighted by Gasteiger charge is -2.24. The largest absolute Gasteiger partial charge is 0.508 e. The molecule has 2 nitrogen and oxygen atoms in total. The van der Waals surface area contributed by atoms with Gasteiger partial charge in [-0.3, -0.25) is 0 Å². The third-order valence-corrected chi connectivity index (χ3v) is 4.99. The Morgan fingerprint density at radius 3 is 1.44 bits per heavy atom. The highest BCUT2D eigenvalue weighted by Gasteiger charge is 2.19. The lowest BCUT2D eigenvalue weighted by Crippen LogP contribution is -2.09. The van der Waals surface area contributed by atoms with E-state index in [-0.39, 0.29) is 11.2 Å². The zero-order valence-corrected chi connectivity index (χ0v) is 16.3. The van der Waals surface area contributed by atoms with E-state index in [1.54, 1.807) is 24.3 Å². The summed E-state index contributed by atoms with van der Waals surface area (Å²) in [5.74, 6) is 0.889. The van der Waals surface area contributed by atoms with Crippen molar-refractivity contribution in [3.8, 4) is 22.6 Å². The Morgan fingerprint density at radius 1 is 0.630 bits per heavy atom. The molecule has 3 aromatic rings. The molecular weight excluding hydrogens is 332 g/mol. The predicted molar refractivity (Wildman–Crippen MR) is 112 cm³/mol. The van der Waals surface area contributed by atoms with E-state index >= 15 is 0 Å². The first-order chi connectivity index (χ1) is 12.8. The smallest absolute Gasteiger partial charge is 0.115 e. The minimum absolute atomic E-state index is 0.279. The van der Waals surface area contributed by atoms with Crippen molar-refractivity contribution >= 4 is 0 Å². The molecule has 0 aliphatic carbocycles. The highest BCUT2D eigenvalue weighted by atomic mass is 16.3. The summed E-state index contributed by atoms with van der Waals surface area (Å²) in [5.41, 5.74) is 5.03. The van der Waals surface area contributed by atoms with E-state index in [0.29, 0.717) is 11.7 Å². The second kappa shape index (κ2) is 7.87. The van der Waals surface area contributed by atoms with Crippen molar-refractivity contribution in [1.82, 2.24) is 0 Å². The van der Waals surface area contributed by atoms with E-state index < -0.39 is 0 Å². The van der Waals surface area contributed by atoms with E-state index in [4.69, 9.17) is 0 Å². The fraction of sp³-hybridized carbons (Fsp3) is 0.280. The van der Waals surface area contributed by atoms with Gasteiger partial charge in [0.15, 0.2) is 0 Å². The Kier molecular flexibility index (Phi) is 5.55. The second-order valence-corrected chi connectivity index (χ2v) is 8.41. The molecule has 1 atom stereocenters. The van der Waals surface area contributed by atoms with Crippen LogP contribution in [0.25, 0.3) is 11.1 Å². The van der Waals surface area contributed by atoms with E-state index in [2.05, 4.69) is 45.0 Å². The summed E-state index contributed by atoms with van der Waals surface area (Å²) < 4.78 is 0. The van der Waals surface area contributed by atoms with Crippen molar-refractivity contribution in [3.63, 3.8) is 0 Å². The van der Waals surface area contributed by atoms with Crippen LogP contribution < -0.4 is 0 Å². The SMILES string of the molecule is CC(C)(C)CCC(c1ccc(O)cc1)c1ccc(-c2ccc(O)cc2)cc1. The minimum Gasteiger partial charge on any atom is -0.508 e. The minimum atomic E-state index is 0.279. The lowest BCUT2D eigenvalue weighted by molar-refractivity contribution is 0.356. The lowest BCUT2D eigenvalue weighted by atomic mass is 9.81. The molecular formula is C25H28O2. The van der Waals surface area contributed by atoms with E-state index in [9.17, 15) is 10.2 Å². The number of hydrogen-bond acceptors (Lipinski definition) is 2. The number of hydrogen-bond donors (Lipinski definition) is 2. The molecule has 0 aromatic heterocycles. The summed E-state index contributed by atoms with van der Waals surface area (Å²) in [5, 5.41) is 19.1. The monoisotopic (exact) mass is 360 g/mol. The van der Waals surface area contributed by atoms with Gasteiger partial charge >= 0.3 is 0 Å². The fourth-order valence-corrected chi connectivity index (χ4v) is 3.37. The van der Waals surface area contributed by atoms with Gasteiger partial charge in [0, 0.05) is 5.92 Å². The van der Waals surface area contributed by atoms with Crippen LogP contribution in [-0.4, -0.2) is 10.2 Å². The zero-order chi connectivity index (χ0) is 19.4. The first kappa shape index (κ1) is 19.0. The third kappa shape index (κ3) is 5.13. The normalized spacial score (nSPS) is 12.7. The van der Waals surface area contributed by atoms with Gasteiger partial charge < -0.3 is 10.2 Å². The Hall–Kier alpha value is -2.74. The molecule has 0 aliphatic rings. The van der Waals surface area contributed by atoms with Crippen LogP contribution in [0.3, 0.4) is 0 Å². The first-order valence-electron chi connectivity index (χ1n) is 9.50. The summed E-state index contributed by atoms with van der Waals surface area (Å²) in [6.07, 6.45) is 2.19. The molecule has 0 amide bonds. The Morgan fingerprint density at radius 2 is 1.00 bits per heavy atom. The van der Waals surface area contributed by atoms with Gasteiger partial charge in [0.05, 0.1) is 0 Å². The molecule has 0 saturated carbocycles. The van der Waals surface area contributed by atoms with Gasteiger partial charge in [-0.1, -0.05) is 69.3 Å². The van der Waals surface area contributed by atoms with Crippen LogP contribution in [-0.2, 0) is 0 Å². The summed E-state index contributed by atoms with van der Waals surface area (Å²) in [6.45, 7) is 6.82. The summed E-state index contributed by atoms with van der Waals surface area (Å²) in [4.78, 5) is 0. The highest BCUT2D eigenvalue weighted by molar-refractivity contribution is 5.64. The van der Waals surface area contributed by atoms with Gasteiger partial charge in [0.25, 0.3) is 0 Å². The molecule has 3 aromatic carbocycles. The van der Waals surface area contributed by atoms with Gasteiger partial charge in [-0.2, -0.15) is 0 Å². The van der Waals surface area contributed by atoms with Crippen LogP contribution in [0.15, 0.2) is 72.8 Å². The predicted octanol–water partition coefficient (Wildman–Crippen LogP) is 6.72. The van der Waals surface area contributed by atoms with E-state index in [1.165, 1.54) is 11.1 Å². The molecule has 0 radical (unpaired) electrons. The van der Waals surface area contributed by atoms with Gasteiger partial charge in [-0.05, 0) is 64.8 Å². The average molecular weight is 360 g/mol. The fourth-order valence-electron chi connectivity index (χ4n) is 3.37. The van der Waals surface area contributed by atoms with Crippen LogP contribution in [0, 0.1) is 5.41 Å². The van der Waals surface area contributed by atoms with Gasteiger partial charge in [-0.25, -0.2) is 0 Å². The Bertz CT molecular complexity index is 854. The second-order valence-electron chi connectivity index (χ2n) is 8.41. The maximum atomic E-state index is 9.63. The molecule has 2 heteroatoms. The van der Waals surface area contributed by atoms with Crippen molar-refractivity contribution in [2.24, 2.45) is 5.41 Å². The Labute approximate surface area is 162 Å². The van der Waals surface area contributed by atoms with Crippen LogP contribution in [0.4, 0.5) is 0 Å². The number of phenols is 2. The van der Waals surface area contributed by atoms with E-state index in [0.717, 1.165) is 24.0 Å². The standard InChI is InChI=1S/C25H28O2/c1-25(2,3)17-16-24(21-10-14-23(27)15-11-21)20-6-4-18(5-7-20)19-8-12-22(26)13-9-19/h4-15,24,26-27H,16-17H2,1-3H3. The maximum Gasteiger partial charge on any atom is 0.115 e. The summed E-state index contributed by atoms with van der Waals surface area (Å²) in [6, 6.07) is 23.6. The molecule has 0 aliphatic heterocycles. The summed E-state index contributed by atoms with van der Waals surface area (Å²) >= 11 is 0. The molecule has 140 valence electrons. The van der Waals surface area contributed by atoms with Gasteiger partial charge in [0.1, 0.15) is 11.5 Å². The van der Waals surface area contributed by atoms with Crippen molar-refractivity contribution in [3.05, 3.63) is 83.9 Å². The molecule has 0 bridgehead atoms. The van der Waals surface area contributed by atoms with Crippen molar-refractivity contribution in [2.75, 3.05) is 0 Å². The number of phenolic OH excluding ortho intramolecular Hbond substituents is 2. The van der Waals surface area contributed by atoms with Crippen LogP contribution >= 0.6 is 0 Å². The first-order valence-corrected chi connectivity index (χ1v) is 9.50. The number of rotatable bonds is 5. The van der Waals surface area contributed by atoms with Crippen molar-refractivity contribution in [2.45, 2.75) is 39.5 Å². The molecule has 0 spiro atoms. The van der Waals surface area contributed by atoms with Crippen molar-refractivity contribution in [1.29, 1.82) is 0 Å². The zero-order valence-electron chi connectivity index (χ0n) is 16.3. The molecule has 1 unspecified atom stereocenters. The molecule has 0 saturated heterocycles. The third-order valence-electron chi connectivity index (χ3n) is 4.99. The van der Waals surface area contributed by atoms with Crippen LogP contribution in [0.2, 0.25) is 0 Å². The number of benzene rings is 3. The molecule has 2 N–H and O–H groups in total. The average Bonchev–Trinajstić information content (AvgIpc) is 2.64. The van der Waals surface area contributed by atoms with E-state index in [1.807, 2.05) is 24.3 Å². The number of aromatic hydroxyl groups is 2. The maximum absolute atomic E-state index is 9.63. The van der Waals surface area contributed by atoms with Crippen LogP contribution in [0.5, 0.6) is 11.5 Å². The molecule has 3 rings (SSSR count). The molecule has 0 fully saturated rings. The van der Waals surface area contributed by atoms with Gasteiger partial charge in [-0.15, -0.1) is 0 Å². The molecule has 0 heterocycles. The van der Waals surface area contributed by atoms with Crippen molar-refractivity contribution < 1.29 is 10.2 Å². The van der Waals surface area contributed by atoms with Crippen LogP contribution in [0.1, 0.15) is 50.7 Å². The molecule has 27 heavy (non-hydrogen) atoms. The quantitative estimate of drug-likeness (QED) is 0.530. The Balaban J connectivity index is 1.89. The topological polar surface area (TPSA) is 40.5 Å².